The zero-order valence-corrected chi connectivity index (χ0v) is 6.88. The first-order valence-electron chi connectivity index (χ1n) is 3.84. The van der Waals surface area contributed by atoms with Gasteiger partial charge in [-0.25, -0.2) is 0 Å². The molecule has 0 N–H and O–H groups in total. The van der Waals surface area contributed by atoms with Crippen LogP contribution in [-0.4, -0.2) is 10.2 Å². The predicted molar refractivity (Wildman–Crippen MR) is 43.6 cm³/mol. The van der Waals surface area contributed by atoms with Gasteiger partial charge in [0.1, 0.15) is 0 Å². The monoisotopic (exact) mass is 168 g/mol. The van der Waals surface area contributed by atoms with Gasteiger partial charge >= 0.3 is 0 Å². The van der Waals surface area contributed by atoms with Crippen molar-refractivity contribution >= 4 is 11.6 Å². The van der Waals surface area contributed by atoms with Crippen LogP contribution in [0.3, 0.4) is 0 Å². The lowest BCUT2D eigenvalue weighted by Crippen LogP contribution is -2.10. The largest absolute Gasteiger partial charge is 0.157 e. The molecule has 1 aliphatic carbocycles. The van der Waals surface area contributed by atoms with Gasteiger partial charge in [-0.3, -0.25) is 0 Å². The molecule has 0 bridgehead atoms. The molecule has 0 aromatic carbocycles. The number of hydrogen-bond acceptors (Lipinski definition) is 2. The first-order chi connectivity index (χ1) is 5.36. The van der Waals surface area contributed by atoms with Gasteiger partial charge in [0.2, 0.25) is 0 Å². The molecule has 11 heavy (non-hydrogen) atoms. The van der Waals surface area contributed by atoms with E-state index in [1.165, 1.54) is 19.3 Å². The second-order valence-corrected chi connectivity index (χ2v) is 3.36. The fourth-order valence-corrected chi connectivity index (χ4v) is 1.42. The number of rotatable bonds is 1. The van der Waals surface area contributed by atoms with Crippen molar-refractivity contribution in [2.45, 2.75) is 25.2 Å². The minimum Gasteiger partial charge on any atom is -0.157 e. The van der Waals surface area contributed by atoms with E-state index in [-0.39, 0.29) is 0 Å². The molecule has 2 nitrogen and oxygen atoms in total. The molecule has 0 atom stereocenters. The molecule has 0 radical (unpaired) electrons. The Morgan fingerprint density at radius 3 is 2.82 bits per heavy atom. The number of halogens is 1. The second kappa shape index (κ2) is 2.78. The van der Waals surface area contributed by atoms with E-state index in [9.17, 15) is 0 Å². The third-order valence-electron chi connectivity index (χ3n) is 2.16. The van der Waals surface area contributed by atoms with Crippen molar-refractivity contribution in [3.8, 4) is 0 Å². The highest BCUT2D eigenvalue weighted by Crippen LogP contribution is 2.35. The molecule has 1 aromatic heterocycles. The summed E-state index contributed by atoms with van der Waals surface area (Å²) < 4.78 is 0. The number of nitrogens with zero attached hydrogens (tertiary/aromatic N) is 2. The van der Waals surface area contributed by atoms with E-state index in [2.05, 4.69) is 10.2 Å². The molecule has 1 aromatic rings. The molecule has 1 aliphatic rings. The molecule has 1 saturated carbocycles. The predicted octanol–water partition coefficient (Wildman–Crippen LogP) is 2.40. The lowest BCUT2D eigenvalue weighted by atomic mass is 9.83. The van der Waals surface area contributed by atoms with Crippen molar-refractivity contribution < 1.29 is 0 Å². The Morgan fingerprint density at radius 2 is 2.27 bits per heavy atom. The lowest BCUT2D eigenvalue weighted by molar-refractivity contribution is 0.408. The summed E-state index contributed by atoms with van der Waals surface area (Å²) in [6.45, 7) is 0. The van der Waals surface area contributed by atoms with Crippen LogP contribution < -0.4 is 0 Å². The van der Waals surface area contributed by atoms with Gasteiger partial charge in [0.25, 0.3) is 0 Å². The van der Waals surface area contributed by atoms with E-state index in [4.69, 9.17) is 11.6 Å². The molecule has 0 aliphatic heterocycles. The molecule has 2 rings (SSSR count). The average molecular weight is 169 g/mol. The molecule has 0 unspecified atom stereocenters. The summed E-state index contributed by atoms with van der Waals surface area (Å²) >= 11 is 5.77. The standard InChI is InChI=1S/C8H9ClN2/c9-7-4-8(11-10-5-7)6-2-1-3-6/h4-6H,1-3H2. The van der Waals surface area contributed by atoms with Gasteiger partial charge in [-0.1, -0.05) is 18.0 Å². The summed E-state index contributed by atoms with van der Waals surface area (Å²) in [5, 5.41) is 8.53. The summed E-state index contributed by atoms with van der Waals surface area (Å²) in [5.41, 5.74) is 1.06. The average Bonchev–Trinajstić information content (AvgIpc) is 1.83. The van der Waals surface area contributed by atoms with E-state index in [0.29, 0.717) is 10.9 Å². The Balaban J connectivity index is 2.23. The van der Waals surface area contributed by atoms with Crippen LogP contribution in [-0.2, 0) is 0 Å². The highest BCUT2D eigenvalue weighted by Gasteiger charge is 2.20. The highest BCUT2D eigenvalue weighted by molar-refractivity contribution is 6.30. The van der Waals surface area contributed by atoms with Crippen LogP contribution in [0.1, 0.15) is 30.9 Å². The first-order valence-corrected chi connectivity index (χ1v) is 4.22. The van der Waals surface area contributed by atoms with Crippen molar-refractivity contribution in [2.75, 3.05) is 0 Å². The third kappa shape index (κ3) is 1.36. The van der Waals surface area contributed by atoms with Crippen LogP contribution in [0.25, 0.3) is 0 Å². The van der Waals surface area contributed by atoms with E-state index in [1.54, 1.807) is 6.20 Å². The van der Waals surface area contributed by atoms with E-state index >= 15 is 0 Å². The maximum Gasteiger partial charge on any atom is 0.0682 e. The summed E-state index contributed by atoms with van der Waals surface area (Å²) in [6, 6.07) is 1.92. The minimum absolute atomic E-state index is 0.626. The Morgan fingerprint density at radius 1 is 1.45 bits per heavy atom. The van der Waals surface area contributed by atoms with E-state index in [1.807, 2.05) is 6.07 Å². The molecule has 58 valence electrons. The summed E-state index contributed by atoms with van der Waals surface area (Å²) in [6.07, 6.45) is 5.38. The first kappa shape index (κ1) is 7.04. The Labute approximate surface area is 70.6 Å². The van der Waals surface area contributed by atoms with Gasteiger partial charge in [-0.05, 0) is 18.9 Å². The Hall–Kier alpha value is -0.630. The Kier molecular flexibility index (Phi) is 1.78. The van der Waals surface area contributed by atoms with Crippen LogP contribution in [0.15, 0.2) is 12.3 Å². The van der Waals surface area contributed by atoms with E-state index in [0.717, 1.165) is 5.69 Å². The lowest BCUT2D eigenvalue weighted by Gasteiger charge is -2.23. The maximum atomic E-state index is 5.77. The molecule has 1 fully saturated rings. The van der Waals surface area contributed by atoms with Gasteiger partial charge in [-0.15, -0.1) is 0 Å². The third-order valence-corrected chi connectivity index (χ3v) is 2.37. The van der Waals surface area contributed by atoms with Crippen molar-refractivity contribution in [2.24, 2.45) is 0 Å². The zero-order valence-electron chi connectivity index (χ0n) is 6.13. The van der Waals surface area contributed by atoms with Gasteiger partial charge in [0, 0.05) is 5.92 Å². The van der Waals surface area contributed by atoms with Crippen LogP contribution >= 0.6 is 11.6 Å². The van der Waals surface area contributed by atoms with Gasteiger partial charge in [0.15, 0.2) is 0 Å². The van der Waals surface area contributed by atoms with Crippen molar-refractivity contribution in [3.63, 3.8) is 0 Å². The van der Waals surface area contributed by atoms with Crippen LogP contribution in [0, 0.1) is 0 Å². The summed E-state index contributed by atoms with van der Waals surface area (Å²) in [5.74, 6) is 0.626. The summed E-state index contributed by atoms with van der Waals surface area (Å²) in [7, 11) is 0. The Bertz CT molecular complexity index is 258. The summed E-state index contributed by atoms with van der Waals surface area (Å²) in [4.78, 5) is 0. The topological polar surface area (TPSA) is 25.8 Å². The van der Waals surface area contributed by atoms with Crippen molar-refractivity contribution in [1.82, 2.24) is 10.2 Å². The van der Waals surface area contributed by atoms with Crippen LogP contribution in [0.4, 0.5) is 0 Å². The highest BCUT2D eigenvalue weighted by atomic mass is 35.5. The zero-order chi connectivity index (χ0) is 7.68. The van der Waals surface area contributed by atoms with Gasteiger partial charge < -0.3 is 0 Å². The fourth-order valence-electron chi connectivity index (χ4n) is 1.26. The number of aromatic nitrogens is 2. The molecule has 3 heteroatoms. The molecular weight excluding hydrogens is 160 g/mol. The molecule has 0 spiro atoms. The fraction of sp³-hybridized carbons (Fsp3) is 0.500. The molecule has 0 saturated heterocycles. The van der Waals surface area contributed by atoms with Crippen LogP contribution in [0.2, 0.25) is 5.02 Å². The van der Waals surface area contributed by atoms with Crippen molar-refractivity contribution in [3.05, 3.63) is 23.0 Å². The van der Waals surface area contributed by atoms with Gasteiger partial charge in [-0.2, -0.15) is 10.2 Å². The van der Waals surface area contributed by atoms with E-state index < -0.39 is 0 Å². The number of hydrogen-bond donors (Lipinski definition) is 0. The molecule has 0 amide bonds. The second-order valence-electron chi connectivity index (χ2n) is 2.93. The van der Waals surface area contributed by atoms with Crippen LogP contribution in [0.5, 0.6) is 0 Å². The SMILES string of the molecule is Clc1cnnc(C2CCC2)c1. The van der Waals surface area contributed by atoms with Crippen molar-refractivity contribution in [1.29, 1.82) is 0 Å². The quantitative estimate of drug-likeness (QED) is 0.644. The maximum absolute atomic E-state index is 5.77. The smallest absolute Gasteiger partial charge is 0.0682 e. The minimum atomic E-state index is 0.626. The normalized spacial score (nSPS) is 17.9. The molecular formula is C8H9ClN2. The molecule has 1 heterocycles. The van der Waals surface area contributed by atoms with Gasteiger partial charge in [0.05, 0.1) is 16.9 Å².